The van der Waals surface area contributed by atoms with Crippen molar-refractivity contribution in [2.45, 2.75) is 58.2 Å². The maximum absolute atomic E-state index is 11.7. The molecular formula is C16H29NO3. The van der Waals surface area contributed by atoms with Crippen LogP contribution in [0.3, 0.4) is 0 Å². The molecule has 0 aromatic heterocycles. The molecule has 2 rings (SSSR count). The van der Waals surface area contributed by atoms with E-state index in [4.69, 9.17) is 4.74 Å². The lowest BCUT2D eigenvalue weighted by atomic mass is 9.71. The van der Waals surface area contributed by atoms with Gasteiger partial charge in [0.25, 0.3) is 0 Å². The molecule has 0 aromatic carbocycles. The summed E-state index contributed by atoms with van der Waals surface area (Å²) in [6, 6.07) is 0. The fourth-order valence-corrected chi connectivity index (χ4v) is 3.73. The monoisotopic (exact) mass is 283 g/mol. The number of morpholine rings is 1. The van der Waals surface area contributed by atoms with Gasteiger partial charge in [0, 0.05) is 25.0 Å². The Kier molecular flexibility index (Phi) is 4.88. The molecule has 1 N–H and O–H groups in total. The van der Waals surface area contributed by atoms with Crippen molar-refractivity contribution in [1.82, 2.24) is 4.90 Å². The summed E-state index contributed by atoms with van der Waals surface area (Å²) in [7, 11) is 0. The number of aliphatic hydroxyl groups is 1. The van der Waals surface area contributed by atoms with Crippen LogP contribution in [0.1, 0.15) is 46.5 Å². The standard InChI is InChI=1S/C16H29NO3/c1-13-4-6-16(12-19,7-5-13)11-17-8-14(9-18)20-15(2,3)10-17/h12-14,18H,4-11H2,1-3H3. The summed E-state index contributed by atoms with van der Waals surface area (Å²) >= 11 is 0. The van der Waals surface area contributed by atoms with E-state index in [1.165, 1.54) is 6.29 Å². The highest BCUT2D eigenvalue weighted by Gasteiger charge is 2.40. The normalized spacial score (nSPS) is 38.6. The molecule has 0 spiro atoms. The number of ether oxygens (including phenoxy) is 1. The molecule has 1 aliphatic carbocycles. The first-order chi connectivity index (χ1) is 9.38. The molecule has 1 saturated heterocycles. The van der Waals surface area contributed by atoms with E-state index in [0.717, 1.165) is 51.2 Å². The molecule has 2 fully saturated rings. The van der Waals surface area contributed by atoms with Crippen molar-refractivity contribution in [3.05, 3.63) is 0 Å². The summed E-state index contributed by atoms with van der Waals surface area (Å²) in [5.41, 5.74) is -0.433. The molecule has 1 atom stereocenters. The van der Waals surface area contributed by atoms with E-state index in [0.29, 0.717) is 0 Å². The van der Waals surface area contributed by atoms with Gasteiger partial charge in [-0.15, -0.1) is 0 Å². The van der Waals surface area contributed by atoms with Crippen molar-refractivity contribution in [1.29, 1.82) is 0 Å². The summed E-state index contributed by atoms with van der Waals surface area (Å²) in [6.07, 6.45) is 5.35. The van der Waals surface area contributed by atoms with Crippen LogP contribution in [0, 0.1) is 11.3 Å². The average Bonchev–Trinajstić information content (AvgIpc) is 2.40. The van der Waals surface area contributed by atoms with Gasteiger partial charge in [-0.05, 0) is 45.4 Å². The van der Waals surface area contributed by atoms with Gasteiger partial charge >= 0.3 is 0 Å². The summed E-state index contributed by atoms with van der Waals surface area (Å²) in [4.78, 5) is 14.0. The molecule has 0 amide bonds. The Bertz CT molecular complexity index is 335. The molecule has 2 aliphatic rings. The minimum atomic E-state index is -0.252. The molecule has 1 aliphatic heterocycles. The second-order valence-electron chi connectivity index (χ2n) is 7.51. The number of carbonyl (C=O) groups is 1. The largest absolute Gasteiger partial charge is 0.394 e. The van der Waals surface area contributed by atoms with Gasteiger partial charge in [-0.1, -0.05) is 6.92 Å². The van der Waals surface area contributed by atoms with Crippen LogP contribution in [0.25, 0.3) is 0 Å². The first-order valence-electron chi connectivity index (χ1n) is 7.85. The van der Waals surface area contributed by atoms with E-state index in [9.17, 15) is 9.90 Å². The van der Waals surface area contributed by atoms with Crippen LogP contribution >= 0.6 is 0 Å². The minimum Gasteiger partial charge on any atom is -0.394 e. The molecule has 4 nitrogen and oxygen atoms in total. The van der Waals surface area contributed by atoms with E-state index >= 15 is 0 Å². The molecule has 1 heterocycles. The second kappa shape index (κ2) is 6.12. The molecular weight excluding hydrogens is 254 g/mol. The van der Waals surface area contributed by atoms with E-state index < -0.39 is 0 Å². The van der Waals surface area contributed by atoms with E-state index in [2.05, 4.69) is 25.7 Å². The van der Waals surface area contributed by atoms with Crippen molar-refractivity contribution in [3.63, 3.8) is 0 Å². The number of aldehydes is 1. The van der Waals surface area contributed by atoms with Crippen LogP contribution in [0.4, 0.5) is 0 Å². The van der Waals surface area contributed by atoms with Gasteiger partial charge in [-0.2, -0.15) is 0 Å². The van der Waals surface area contributed by atoms with Crippen LogP contribution in [0.5, 0.6) is 0 Å². The van der Waals surface area contributed by atoms with Crippen LogP contribution in [0.2, 0.25) is 0 Å². The van der Waals surface area contributed by atoms with E-state index in [-0.39, 0.29) is 23.7 Å². The Morgan fingerprint density at radius 1 is 1.35 bits per heavy atom. The first-order valence-corrected chi connectivity index (χ1v) is 7.85. The number of rotatable bonds is 4. The fourth-order valence-electron chi connectivity index (χ4n) is 3.73. The van der Waals surface area contributed by atoms with Crippen molar-refractivity contribution < 1.29 is 14.6 Å². The number of hydrogen-bond donors (Lipinski definition) is 1. The highest BCUT2D eigenvalue weighted by Crippen LogP contribution is 2.38. The third-order valence-electron chi connectivity index (χ3n) is 4.81. The highest BCUT2D eigenvalue weighted by molar-refractivity contribution is 5.60. The zero-order chi connectivity index (χ0) is 14.8. The second-order valence-corrected chi connectivity index (χ2v) is 7.51. The predicted octanol–water partition coefficient (Wildman–Crippen LogP) is 1.85. The molecule has 0 bridgehead atoms. The van der Waals surface area contributed by atoms with Crippen molar-refractivity contribution in [2.75, 3.05) is 26.2 Å². The van der Waals surface area contributed by atoms with Gasteiger partial charge in [0.15, 0.2) is 0 Å². The Balaban J connectivity index is 2.01. The summed E-state index contributed by atoms with van der Waals surface area (Å²) in [5.74, 6) is 0.745. The maximum atomic E-state index is 11.7. The topological polar surface area (TPSA) is 49.8 Å². The SMILES string of the molecule is CC1CCC(C=O)(CN2CC(CO)OC(C)(C)C2)CC1. The summed E-state index contributed by atoms with van der Waals surface area (Å²) in [5, 5.41) is 9.38. The van der Waals surface area contributed by atoms with Gasteiger partial charge < -0.3 is 14.6 Å². The van der Waals surface area contributed by atoms with E-state index in [1.807, 2.05) is 0 Å². The lowest BCUT2D eigenvalue weighted by Gasteiger charge is -2.46. The molecule has 0 radical (unpaired) electrons. The third kappa shape index (κ3) is 3.80. The van der Waals surface area contributed by atoms with Crippen molar-refractivity contribution in [3.8, 4) is 0 Å². The lowest BCUT2D eigenvalue weighted by Crippen LogP contribution is -2.56. The molecule has 0 aromatic rings. The average molecular weight is 283 g/mol. The molecule has 4 heteroatoms. The Labute approximate surface area is 122 Å². The minimum absolute atomic E-state index is 0.0467. The zero-order valence-corrected chi connectivity index (χ0v) is 13.1. The summed E-state index contributed by atoms with van der Waals surface area (Å²) < 4.78 is 5.85. The number of carbonyl (C=O) groups excluding carboxylic acids is 1. The third-order valence-corrected chi connectivity index (χ3v) is 4.81. The molecule has 1 saturated carbocycles. The quantitative estimate of drug-likeness (QED) is 0.800. The first kappa shape index (κ1) is 15.9. The molecule has 1 unspecified atom stereocenters. The lowest BCUT2D eigenvalue weighted by molar-refractivity contribution is -0.157. The number of nitrogens with zero attached hydrogens (tertiary/aromatic N) is 1. The molecule has 20 heavy (non-hydrogen) atoms. The van der Waals surface area contributed by atoms with Gasteiger partial charge in [0.2, 0.25) is 0 Å². The highest BCUT2D eigenvalue weighted by atomic mass is 16.5. The fraction of sp³-hybridized carbons (Fsp3) is 0.938. The van der Waals surface area contributed by atoms with Crippen LogP contribution < -0.4 is 0 Å². The van der Waals surface area contributed by atoms with Crippen LogP contribution in [-0.2, 0) is 9.53 Å². The van der Waals surface area contributed by atoms with Crippen LogP contribution in [0.15, 0.2) is 0 Å². The Hall–Kier alpha value is -0.450. The predicted molar refractivity (Wildman–Crippen MR) is 78.6 cm³/mol. The van der Waals surface area contributed by atoms with Gasteiger partial charge in [0.05, 0.1) is 18.3 Å². The zero-order valence-electron chi connectivity index (χ0n) is 13.1. The number of aliphatic hydroxyl groups excluding tert-OH is 1. The van der Waals surface area contributed by atoms with E-state index in [1.54, 1.807) is 0 Å². The summed E-state index contributed by atoms with van der Waals surface area (Å²) in [6.45, 7) is 8.79. The van der Waals surface area contributed by atoms with Gasteiger partial charge in [0.1, 0.15) is 6.29 Å². The van der Waals surface area contributed by atoms with Gasteiger partial charge in [-0.3, -0.25) is 4.90 Å². The Morgan fingerprint density at radius 2 is 2.00 bits per heavy atom. The number of hydrogen-bond acceptors (Lipinski definition) is 4. The Morgan fingerprint density at radius 3 is 2.55 bits per heavy atom. The van der Waals surface area contributed by atoms with Crippen LogP contribution in [-0.4, -0.2) is 54.2 Å². The smallest absolute Gasteiger partial charge is 0.127 e. The maximum Gasteiger partial charge on any atom is 0.127 e. The molecule has 116 valence electrons. The van der Waals surface area contributed by atoms with Crippen molar-refractivity contribution >= 4 is 6.29 Å². The van der Waals surface area contributed by atoms with Gasteiger partial charge in [-0.25, -0.2) is 0 Å². The van der Waals surface area contributed by atoms with Crippen molar-refractivity contribution in [2.24, 2.45) is 11.3 Å².